The van der Waals surface area contributed by atoms with Crippen molar-refractivity contribution >= 4 is 79.9 Å². The molecule has 0 aliphatic carbocycles. The maximum atomic E-state index is 13.7. The highest BCUT2D eigenvalue weighted by molar-refractivity contribution is 14.1. The molecule has 0 saturated carbocycles. The molecular weight excluding hydrogens is 460 g/mol. The number of hydrogen-bond acceptors (Lipinski definition) is 2. The fourth-order valence-electron chi connectivity index (χ4n) is 1.40. The zero-order valence-corrected chi connectivity index (χ0v) is 14.7. The maximum Gasteiger partial charge on any atom is 0.186 e. The Labute approximate surface area is 148 Å². The zero-order chi connectivity index (χ0) is 14.9. The lowest BCUT2D eigenvalue weighted by Gasteiger charge is -2.06. The van der Waals surface area contributed by atoms with Crippen molar-refractivity contribution in [2.75, 3.05) is 0 Å². The second kappa shape index (κ2) is 6.75. The summed E-state index contributed by atoms with van der Waals surface area (Å²) in [6.45, 7) is 0. The number of benzene rings is 1. The van der Waals surface area contributed by atoms with Crippen molar-refractivity contribution in [3.63, 3.8) is 0 Å². The Balaban J connectivity index is 2.54. The van der Waals surface area contributed by atoms with E-state index in [1.165, 1.54) is 12.3 Å². The third-order valence-electron chi connectivity index (χ3n) is 2.26. The normalized spacial score (nSPS) is 11.8. The number of nitrogens with zero attached hydrogens (tertiary/aromatic N) is 2. The summed E-state index contributed by atoms with van der Waals surface area (Å²) in [6, 6.07) is 4.70. The Morgan fingerprint density at radius 1 is 1.20 bits per heavy atom. The molecule has 2 nitrogen and oxygen atoms in total. The minimum atomic E-state index is -0.759. The van der Waals surface area contributed by atoms with E-state index in [1.54, 1.807) is 12.1 Å². The molecule has 0 atom stereocenters. The summed E-state index contributed by atoms with van der Waals surface area (Å²) in [5.41, 5.74) is 0.295. The minimum Gasteiger partial charge on any atom is -0.241 e. The summed E-state index contributed by atoms with van der Waals surface area (Å²) >= 11 is 25.9. The summed E-state index contributed by atoms with van der Waals surface area (Å²) in [6.07, 6.45) is 1.32. The number of aliphatic imine (C=N–C) groups is 1. The molecule has 0 unspecified atom stereocenters. The van der Waals surface area contributed by atoms with Gasteiger partial charge in [-0.15, -0.1) is 0 Å². The van der Waals surface area contributed by atoms with Gasteiger partial charge in [-0.25, -0.2) is 14.4 Å². The zero-order valence-electron chi connectivity index (χ0n) is 9.47. The highest BCUT2D eigenvalue weighted by Crippen LogP contribution is 2.31. The average molecular weight is 464 g/mol. The molecule has 0 aliphatic heterocycles. The molecule has 0 saturated heterocycles. The van der Waals surface area contributed by atoms with Crippen molar-refractivity contribution in [2.24, 2.45) is 4.99 Å². The van der Waals surface area contributed by atoms with Crippen LogP contribution in [0.15, 0.2) is 29.4 Å². The molecule has 0 radical (unpaired) electrons. The molecule has 104 valence electrons. The van der Waals surface area contributed by atoms with Crippen molar-refractivity contribution < 1.29 is 4.39 Å². The Kier molecular flexibility index (Phi) is 5.48. The van der Waals surface area contributed by atoms with Crippen LogP contribution in [0.4, 0.5) is 10.1 Å². The summed E-state index contributed by atoms with van der Waals surface area (Å²) in [7, 11) is 0. The number of rotatable bonds is 2. The van der Waals surface area contributed by atoms with Crippen molar-refractivity contribution in [3.8, 4) is 0 Å². The smallest absolute Gasteiger partial charge is 0.186 e. The van der Waals surface area contributed by atoms with Gasteiger partial charge in [0.2, 0.25) is 0 Å². The Morgan fingerprint density at radius 3 is 2.40 bits per heavy atom. The van der Waals surface area contributed by atoms with Gasteiger partial charge in [0, 0.05) is 15.3 Å². The van der Waals surface area contributed by atoms with Crippen LogP contribution in [-0.2, 0) is 0 Å². The fourth-order valence-corrected chi connectivity index (χ4v) is 3.60. The first-order valence-electron chi connectivity index (χ1n) is 5.09. The number of aromatic nitrogens is 1. The van der Waals surface area contributed by atoms with Gasteiger partial charge in [-0.1, -0.05) is 46.4 Å². The van der Waals surface area contributed by atoms with Gasteiger partial charge in [0.15, 0.2) is 11.0 Å². The van der Waals surface area contributed by atoms with Gasteiger partial charge in [0.25, 0.3) is 0 Å². The number of halogens is 6. The summed E-state index contributed by atoms with van der Waals surface area (Å²) in [5.74, 6) is -0.759. The van der Waals surface area contributed by atoms with Crippen LogP contribution in [0, 0.1) is 9.39 Å². The van der Waals surface area contributed by atoms with Gasteiger partial charge in [0.1, 0.15) is 10.9 Å². The summed E-state index contributed by atoms with van der Waals surface area (Å²) in [5, 5.41) is 0.348. The average Bonchev–Trinajstić information content (AvgIpc) is 2.33. The van der Waals surface area contributed by atoms with E-state index in [0.717, 1.165) is 3.57 Å². The van der Waals surface area contributed by atoms with E-state index >= 15 is 0 Å². The largest absolute Gasteiger partial charge is 0.241 e. The molecule has 0 fully saturated rings. The predicted molar refractivity (Wildman–Crippen MR) is 90.4 cm³/mol. The second-order valence-electron chi connectivity index (χ2n) is 3.58. The molecule has 0 bridgehead atoms. The SMILES string of the molecule is Fc1c(N=C(Cl)c2c(Cl)cc(I)cc2Cl)ccnc1Cl. The van der Waals surface area contributed by atoms with Crippen molar-refractivity contribution in [3.05, 3.63) is 54.5 Å². The van der Waals surface area contributed by atoms with E-state index in [0.29, 0.717) is 15.6 Å². The highest BCUT2D eigenvalue weighted by atomic mass is 127. The molecule has 8 heteroatoms. The first-order chi connectivity index (χ1) is 9.40. The highest BCUT2D eigenvalue weighted by Gasteiger charge is 2.14. The van der Waals surface area contributed by atoms with E-state index < -0.39 is 5.82 Å². The second-order valence-corrected chi connectivity index (χ2v) is 6.36. The Hall–Kier alpha value is -0.140. The third kappa shape index (κ3) is 3.54. The molecule has 2 rings (SSSR count). The van der Waals surface area contributed by atoms with Gasteiger partial charge in [0.05, 0.1) is 10.0 Å². The van der Waals surface area contributed by atoms with Crippen molar-refractivity contribution in [1.29, 1.82) is 0 Å². The van der Waals surface area contributed by atoms with E-state index in [-0.39, 0.29) is 16.0 Å². The monoisotopic (exact) mass is 462 g/mol. The van der Waals surface area contributed by atoms with Crippen molar-refractivity contribution in [2.45, 2.75) is 0 Å². The van der Waals surface area contributed by atoms with Crippen LogP contribution in [0.1, 0.15) is 5.56 Å². The van der Waals surface area contributed by atoms with Gasteiger partial charge < -0.3 is 0 Å². The fraction of sp³-hybridized carbons (Fsp3) is 0. The lowest BCUT2D eigenvalue weighted by atomic mass is 10.2. The molecule has 20 heavy (non-hydrogen) atoms. The first kappa shape index (κ1) is 16.2. The first-order valence-corrected chi connectivity index (χ1v) is 7.68. The molecule has 2 aromatic rings. The molecule has 0 spiro atoms. The molecule has 1 aromatic heterocycles. The number of hydrogen-bond donors (Lipinski definition) is 0. The Bertz CT molecular complexity index is 683. The van der Waals surface area contributed by atoms with E-state index in [2.05, 4.69) is 32.6 Å². The maximum absolute atomic E-state index is 13.7. The third-order valence-corrected chi connectivity index (χ3v) is 4.01. The van der Waals surface area contributed by atoms with Crippen LogP contribution in [0.2, 0.25) is 15.2 Å². The van der Waals surface area contributed by atoms with Crippen LogP contribution in [0.5, 0.6) is 0 Å². The summed E-state index contributed by atoms with van der Waals surface area (Å²) in [4.78, 5) is 7.54. The molecular formula is C12H4Cl4FIN2. The van der Waals surface area contributed by atoms with Gasteiger partial charge in [-0.05, 0) is 40.8 Å². The van der Waals surface area contributed by atoms with Crippen LogP contribution in [0.3, 0.4) is 0 Å². The lowest BCUT2D eigenvalue weighted by molar-refractivity contribution is 0.624. The predicted octanol–water partition coefficient (Wildman–Crippen LogP) is 6.10. The van der Waals surface area contributed by atoms with E-state index in [4.69, 9.17) is 46.4 Å². The number of pyridine rings is 1. The lowest BCUT2D eigenvalue weighted by Crippen LogP contribution is -1.96. The van der Waals surface area contributed by atoms with E-state index in [9.17, 15) is 4.39 Å². The standard InChI is InChI=1S/C12H4Cl4FIN2/c13-6-3-5(18)4-7(14)9(6)11(15)20-8-1-2-19-12(16)10(8)17/h1-4H. The van der Waals surface area contributed by atoms with Gasteiger partial charge in [-0.2, -0.15) is 0 Å². The molecule has 0 N–H and O–H groups in total. The molecule has 0 aliphatic rings. The molecule has 1 heterocycles. The van der Waals surface area contributed by atoms with Crippen LogP contribution in [0.25, 0.3) is 0 Å². The Morgan fingerprint density at radius 2 is 1.80 bits per heavy atom. The topological polar surface area (TPSA) is 25.2 Å². The molecule has 0 amide bonds. The van der Waals surface area contributed by atoms with Gasteiger partial charge in [-0.3, -0.25) is 0 Å². The van der Waals surface area contributed by atoms with Crippen molar-refractivity contribution in [1.82, 2.24) is 4.98 Å². The van der Waals surface area contributed by atoms with E-state index in [1.807, 2.05) is 0 Å². The quantitative estimate of drug-likeness (QED) is 0.300. The minimum absolute atomic E-state index is 0.0300. The summed E-state index contributed by atoms with van der Waals surface area (Å²) < 4.78 is 14.6. The van der Waals surface area contributed by atoms with Crippen LogP contribution < -0.4 is 0 Å². The molecule has 1 aromatic carbocycles. The van der Waals surface area contributed by atoms with Gasteiger partial charge >= 0.3 is 0 Å². The van der Waals surface area contributed by atoms with Crippen LogP contribution >= 0.6 is 69.0 Å². The van der Waals surface area contributed by atoms with Crippen LogP contribution in [-0.4, -0.2) is 10.2 Å².